The lowest BCUT2D eigenvalue weighted by Gasteiger charge is -2.09. The molecule has 0 fully saturated rings. The molecule has 1 aliphatic heterocycles. The maximum absolute atomic E-state index is 9.37. The smallest absolute Gasteiger partial charge is 0.189 e. The Labute approximate surface area is 92.0 Å². The van der Waals surface area contributed by atoms with Crippen molar-refractivity contribution >= 4 is 16.9 Å². The third-order valence-corrected chi connectivity index (χ3v) is 2.84. The quantitative estimate of drug-likeness (QED) is 0.569. The molecule has 82 valence electrons. The highest BCUT2D eigenvalue weighted by molar-refractivity contribution is 5.87. The first-order valence-corrected chi connectivity index (χ1v) is 5.10. The number of aliphatic imine (C=N–C) groups is 1. The Morgan fingerprint density at radius 2 is 2.31 bits per heavy atom. The maximum atomic E-state index is 9.37. The second kappa shape index (κ2) is 3.16. The summed E-state index contributed by atoms with van der Waals surface area (Å²) in [7, 11) is 0. The number of hydrogen-bond acceptors (Lipinski definition) is 4. The number of aromatic amines is 1. The van der Waals surface area contributed by atoms with Crippen LogP contribution in [0.15, 0.2) is 29.4 Å². The SMILES string of the molecule is NC1=NCC(c2c[nH]c3cc(O)ccc23)N1. The van der Waals surface area contributed by atoms with E-state index in [1.807, 2.05) is 12.3 Å². The van der Waals surface area contributed by atoms with Crippen molar-refractivity contribution < 1.29 is 5.11 Å². The average molecular weight is 216 g/mol. The Balaban J connectivity index is 2.05. The number of fused-ring (bicyclic) bond motifs is 1. The second-order valence-electron chi connectivity index (χ2n) is 3.90. The molecule has 0 bridgehead atoms. The van der Waals surface area contributed by atoms with Gasteiger partial charge in [0.05, 0.1) is 12.6 Å². The molecule has 5 nitrogen and oxygen atoms in total. The van der Waals surface area contributed by atoms with Gasteiger partial charge in [0.2, 0.25) is 0 Å². The first-order chi connectivity index (χ1) is 7.74. The molecule has 2 aromatic rings. The number of phenolic OH excluding ortho intramolecular Hbond substituents is 1. The predicted molar refractivity (Wildman–Crippen MR) is 62.3 cm³/mol. The molecule has 1 unspecified atom stereocenters. The van der Waals surface area contributed by atoms with Gasteiger partial charge in [-0.05, 0) is 12.1 Å². The van der Waals surface area contributed by atoms with Crippen LogP contribution in [0.5, 0.6) is 5.75 Å². The summed E-state index contributed by atoms with van der Waals surface area (Å²) in [5.74, 6) is 0.745. The summed E-state index contributed by atoms with van der Waals surface area (Å²) in [4.78, 5) is 7.25. The summed E-state index contributed by atoms with van der Waals surface area (Å²) in [6.07, 6.45) is 1.93. The molecule has 16 heavy (non-hydrogen) atoms. The van der Waals surface area contributed by atoms with E-state index in [-0.39, 0.29) is 11.8 Å². The lowest BCUT2D eigenvalue weighted by molar-refractivity contribution is 0.476. The van der Waals surface area contributed by atoms with Crippen LogP contribution in [-0.4, -0.2) is 22.6 Å². The van der Waals surface area contributed by atoms with E-state index in [9.17, 15) is 5.11 Å². The third-order valence-electron chi connectivity index (χ3n) is 2.84. The van der Waals surface area contributed by atoms with Crippen molar-refractivity contribution in [2.45, 2.75) is 6.04 Å². The number of H-pyrrole nitrogens is 1. The first-order valence-electron chi connectivity index (χ1n) is 5.10. The standard InChI is InChI=1S/C11H12N4O/c12-11-14-5-10(15-11)8-4-13-9-3-6(16)1-2-7(8)9/h1-4,10,13,16H,5H2,(H3,12,14,15). The molecule has 1 aliphatic rings. The zero-order chi connectivity index (χ0) is 11.1. The fourth-order valence-corrected chi connectivity index (χ4v) is 2.06. The highest BCUT2D eigenvalue weighted by atomic mass is 16.3. The molecule has 0 amide bonds. The van der Waals surface area contributed by atoms with Crippen LogP contribution in [0.4, 0.5) is 0 Å². The van der Waals surface area contributed by atoms with Gasteiger partial charge >= 0.3 is 0 Å². The highest BCUT2D eigenvalue weighted by Gasteiger charge is 2.20. The normalized spacial score (nSPS) is 19.8. The number of nitrogens with one attached hydrogen (secondary N) is 2. The summed E-state index contributed by atoms with van der Waals surface area (Å²) in [5.41, 5.74) is 7.63. The number of benzene rings is 1. The fourth-order valence-electron chi connectivity index (χ4n) is 2.06. The van der Waals surface area contributed by atoms with Gasteiger partial charge in [-0.1, -0.05) is 0 Å². The lowest BCUT2D eigenvalue weighted by Crippen LogP contribution is -2.29. The second-order valence-corrected chi connectivity index (χ2v) is 3.90. The van der Waals surface area contributed by atoms with Crippen molar-refractivity contribution in [1.82, 2.24) is 10.3 Å². The van der Waals surface area contributed by atoms with Crippen molar-refractivity contribution in [3.8, 4) is 5.75 Å². The zero-order valence-electron chi connectivity index (χ0n) is 8.57. The number of nitrogens with two attached hydrogens (primary N) is 1. The molecule has 1 atom stereocenters. The summed E-state index contributed by atoms with van der Waals surface area (Å²) in [5, 5.41) is 13.6. The van der Waals surface area contributed by atoms with Crippen LogP contribution in [-0.2, 0) is 0 Å². The molecule has 1 aromatic carbocycles. The third kappa shape index (κ3) is 1.29. The molecule has 0 aliphatic carbocycles. The van der Waals surface area contributed by atoms with Crippen LogP contribution in [0.3, 0.4) is 0 Å². The summed E-state index contributed by atoms with van der Waals surface area (Å²) >= 11 is 0. The van der Waals surface area contributed by atoms with Crippen LogP contribution < -0.4 is 11.1 Å². The number of aromatic hydroxyl groups is 1. The molecular formula is C11H12N4O. The first kappa shape index (κ1) is 9.08. The fraction of sp³-hybridized carbons (Fsp3) is 0.182. The minimum absolute atomic E-state index is 0.123. The van der Waals surface area contributed by atoms with Crippen molar-refractivity contribution in [3.05, 3.63) is 30.0 Å². The lowest BCUT2D eigenvalue weighted by atomic mass is 10.1. The summed E-state index contributed by atoms with van der Waals surface area (Å²) in [6.45, 7) is 0.652. The Kier molecular flexibility index (Phi) is 1.80. The van der Waals surface area contributed by atoms with E-state index in [1.54, 1.807) is 12.1 Å². The Bertz CT molecular complexity index is 572. The number of aromatic nitrogens is 1. The molecule has 1 aromatic heterocycles. The van der Waals surface area contributed by atoms with Gasteiger partial charge in [0, 0.05) is 28.7 Å². The van der Waals surface area contributed by atoms with Gasteiger partial charge in [0.1, 0.15) is 5.75 Å². The summed E-state index contributed by atoms with van der Waals surface area (Å²) in [6, 6.07) is 5.40. The van der Waals surface area contributed by atoms with E-state index in [1.165, 1.54) is 0 Å². The molecule has 5 N–H and O–H groups in total. The minimum atomic E-state index is 0.123. The topological polar surface area (TPSA) is 86.4 Å². The number of nitrogens with zero attached hydrogens (tertiary/aromatic N) is 1. The number of hydrogen-bond donors (Lipinski definition) is 4. The van der Waals surface area contributed by atoms with Gasteiger partial charge in [-0.3, -0.25) is 4.99 Å². The molecule has 5 heteroatoms. The van der Waals surface area contributed by atoms with Crippen LogP contribution in [0.1, 0.15) is 11.6 Å². The molecule has 3 rings (SSSR count). The van der Waals surface area contributed by atoms with Gasteiger partial charge in [0.15, 0.2) is 5.96 Å². The van der Waals surface area contributed by atoms with E-state index >= 15 is 0 Å². The molecule has 0 saturated heterocycles. The molecule has 2 heterocycles. The largest absolute Gasteiger partial charge is 0.508 e. The number of phenols is 1. The van der Waals surface area contributed by atoms with Crippen molar-refractivity contribution in [3.63, 3.8) is 0 Å². The maximum Gasteiger partial charge on any atom is 0.189 e. The van der Waals surface area contributed by atoms with E-state index in [0.717, 1.165) is 16.5 Å². The van der Waals surface area contributed by atoms with Crippen LogP contribution in [0, 0.1) is 0 Å². The van der Waals surface area contributed by atoms with Gasteiger partial charge in [-0.2, -0.15) is 0 Å². The van der Waals surface area contributed by atoms with Crippen molar-refractivity contribution in [1.29, 1.82) is 0 Å². The molecule has 0 radical (unpaired) electrons. The predicted octanol–water partition coefficient (Wildman–Crippen LogP) is 0.832. The molecule has 0 spiro atoms. The monoisotopic (exact) mass is 216 g/mol. The van der Waals surface area contributed by atoms with Gasteiger partial charge in [0.25, 0.3) is 0 Å². The Morgan fingerprint density at radius 1 is 1.44 bits per heavy atom. The van der Waals surface area contributed by atoms with E-state index in [4.69, 9.17) is 5.73 Å². The van der Waals surface area contributed by atoms with Crippen LogP contribution in [0.2, 0.25) is 0 Å². The highest BCUT2D eigenvalue weighted by Crippen LogP contribution is 2.28. The van der Waals surface area contributed by atoms with Gasteiger partial charge in [-0.15, -0.1) is 0 Å². The Hall–Kier alpha value is -2.17. The zero-order valence-corrected chi connectivity index (χ0v) is 8.57. The number of rotatable bonds is 1. The summed E-state index contributed by atoms with van der Waals surface area (Å²) < 4.78 is 0. The average Bonchev–Trinajstić information content (AvgIpc) is 2.83. The number of guanidine groups is 1. The molecular weight excluding hydrogens is 204 g/mol. The van der Waals surface area contributed by atoms with Crippen LogP contribution >= 0.6 is 0 Å². The van der Waals surface area contributed by atoms with E-state index in [2.05, 4.69) is 15.3 Å². The van der Waals surface area contributed by atoms with Crippen molar-refractivity contribution in [2.75, 3.05) is 6.54 Å². The van der Waals surface area contributed by atoms with Gasteiger partial charge in [-0.25, -0.2) is 0 Å². The van der Waals surface area contributed by atoms with Crippen LogP contribution in [0.25, 0.3) is 10.9 Å². The molecule has 0 saturated carbocycles. The van der Waals surface area contributed by atoms with Crippen molar-refractivity contribution in [2.24, 2.45) is 10.7 Å². The van der Waals surface area contributed by atoms with E-state index in [0.29, 0.717) is 12.5 Å². The van der Waals surface area contributed by atoms with E-state index < -0.39 is 0 Å². The Morgan fingerprint density at radius 3 is 3.06 bits per heavy atom. The minimum Gasteiger partial charge on any atom is -0.508 e. The van der Waals surface area contributed by atoms with Gasteiger partial charge < -0.3 is 21.1 Å².